The third-order valence-electron chi connectivity index (χ3n) is 3.10. The standard InChI is InChI=1S/C10H10N8O/c1-5-7(13-3-12-5)2-11-6(1)10-16-9(18-19-10)8-14-4-15-17-8/h3-4,6,11H,1-2H2,(H,12,13)(H,14,15,17). The molecule has 3 N–H and O–H groups in total. The van der Waals surface area contributed by atoms with Crippen LogP contribution in [0.5, 0.6) is 0 Å². The number of rotatable bonds is 2. The number of aromatic nitrogens is 7. The molecule has 4 rings (SSSR count). The van der Waals surface area contributed by atoms with Crippen LogP contribution in [0.4, 0.5) is 0 Å². The van der Waals surface area contributed by atoms with Crippen molar-refractivity contribution < 1.29 is 4.52 Å². The van der Waals surface area contributed by atoms with Crippen LogP contribution >= 0.6 is 0 Å². The van der Waals surface area contributed by atoms with E-state index in [-0.39, 0.29) is 6.04 Å². The molecule has 96 valence electrons. The molecule has 0 radical (unpaired) electrons. The van der Waals surface area contributed by atoms with E-state index in [1.807, 2.05) is 0 Å². The fourth-order valence-corrected chi connectivity index (χ4v) is 2.13. The average molecular weight is 258 g/mol. The van der Waals surface area contributed by atoms with Crippen LogP contribution in [0.1, 0.15) is 23.3 Å². The Kier molecular flexibility index (Phi) is 2.18. The van der Waals surface area contributed by atoms with Gasteiger partial charge in [0.1, 0.15) is 6.33 Å². The Balaban J connectivity index is 1.61. The normalized spacial score (nSPS) is 18.4. The highest BCUT2D eigenvalue weighted by Crippen LogP contribution is 2.23. The number of nitrogens with one attached hydrogen (secondary N) is 3. The van der Waals surface area contributed by atoms with Gasteiger partial charge in [0.25, 0.3) is 0 Å². The fourth-order valence-electron chi connectivity index (χ4n) is 2.13. The molecule has 1 aliphatic rings. The summed E-state index contributed by atoms with van der Waals surface area (Å²) in [4.78, 5) is 15.7. The van der Waals surface area contributed by atoms with Crippen LogP contribution in [0.2, 0.25) is 0 Å². The van der Waals surface area contributed by atoms with Gasteiger partial charge in [0.2, 0.25) is 11.7 Å². The summed E-state index contributed by atoms with van der Waals surface area (Å²) in [5.41, 5.74) is 2.13. The van der Waals surface area contributed by atoms with Crippen LogP contribution in [0, 0.1) is 0 Å². The molecule has 0 saturated heterocycles. The van der Waals surface area contributed by atoms with Crippen molar-refractivity contribution in [1.82, 2.24) is 40.6 Å². The minimum Gasteiger partial charge on any atom is -0.347 e. The molecule has 0 saturated carbocycles. The summed E-state index contributed by atoms with van der Waals surface area (Å²) in [5.74, 6) is 1.42. The van der Waals surface area contributed by atoms with Crippen LogP contribution in [-0.4, -0.2) is 35.3 Å². The molecule has 0 fully saturated rings. The zero-order chi connectivity index (χ0) is 12.7. The maximum absolute atomic E-state index is 5.27. The molecule has 0 spiro atoms. The van der Waals surface area contributed by atoms with E-state index in [9.17, 15) is 0 Å². The van der Waals surface area contributed by atoms with Crippen LogP contribution in [0.25, 0.3) is 11.6 Å². The van der Waals surface area contributed by atoms with Crippen LogP contribution in [0.15, 0.2) is 17.2 Å². The summed E-state index contributed by atoms with van der Waals surface area (Å²) in [7, 11) is 0. The number of H-pyrrole nitrogens is 2. The molecule has 3 aromatic heterocycles. The van der Waals surface area contributed by atoms with Gasteiger partial charge in [-0.3, -0.25) is 10.4 Å². The highest BCUT2D eigenvalue weighted by Gasteiger charge is 2.26. The number of fused-ring (bicyclic) bond motifs is 1. The van der Waals surface area contributed by atoms with E-state index >= 15 is 0 Å². The maximum Gasteiger partial charge on any atom is 0.244 e. The lowest BCUT2D eigenvalue weighted by molar-refractivity contribution is 0.319. The van der Waals surface area contributed by atoms with Crippen molar-refractivity contribution in [2.75, 3.05) is 0 Å². The highest BCUT2D eigenvalue weighted by atomic mass is 16.5. The van der Waals surface area contributed by atoms with Gasteiger partial charge in [-0.2, -0.15) is 10.1 Å². The van der Waals surface area contributed by atoms with Crippen molar-refractivity contribution in [2.24, 2.45) is 0 Å². The van der Waals surface area contributed by atoms with Crippen LogP contribution in [-0.2, 0) is 13.0 Å². The molecular weight excluding hydrogens is 248 g/mol. The molecule has 0 aromatic carbocycles. The topological polar surface area (TPSA) is 121 Å². The van der Waals surface area contributed by atoms with E-state index in [1.165, 1.54) is 6.33 Å². The van der Waals surface area contributed by atoms with Gasteiger partial charge in [0.05, 0.1) is 23.8 Å². The molecule has 0 amide bonds. The first kappa shape index (κ1) is 10.4. The molecule has 9 heteroatoms. The van der Waals surface area contributed by atoms with E-state index < -0.39 is 0 Å². The summed E-state index contributed by atoms with van der Waals surface area (Å²) in [5, 5.41) is 13.7. The van der Waals surface area contributed by atoms with Gasteiger partial charge in [-0.25, -0.2) is 9.97 Å². The minimum atomic E-state index is -0.0278. The second-order valence-corrected chi connectivity index (χ2v) is 4.26. The number of aromatic amines is 2. The van der Waals surface area contributed by atoms with Crippen molar-refractivity contribution in [3.8, 4) is 11.6 Å². The average Bonchev–Trinajstić information content (AvgIpc) is 3.18. The molecule has 1 atom stereocenters. The zero-order valence-corrected chi connectivity index (χ0v) is 9.79. The summed E-state index contributed by atoms with van der Waals surface area (Å²) in [6.45, 7) is 0.708. The predicted octanol–water partition coefficient (Wildman–Crippen LogP) is -0.0352. The monoisotopic (exact) mass is 258 g/mol. The second kappa shape index (κ2) is 3.99. The largest absolute Gasteiger partial charge is 0.347 e. The predicted molar refractivity (Wildman–Crippen MR) is 61.5 cm³/mol. The minimum absolute atomic E-state index is 0.0278. The fraction of sp³-hybridized carbons (Fsp3) is 0.300. The molecule has 0 aliphatic carbocycles. The summed E-state index contributed by atoms with van der Waals surface area (Å²) < 4.78 is 5.27. The van der Waals surface area contributed by atoms with Crippen molar-refractivity contribution in [3.05, 3.63) is 29.9 Å². The van der Waals surface area contributed by atoms with Crippen LogP contribution < -0.4 is 5.32 Å². The first-order valence-corrected chi connectivity index (χ1v) is 5.84. The Morgan fingerprint density at radius 1 is 1.32 bits per heavy atom. The van der Waals surface area contributed by atoms with E-state index in [0.717, 1.165) is 17.8 Å². The number of nitrogens with zero attached hydrogens (tertiary/aromatic N) is 5. The van der Waals surface area contributed by atoms with Crippen molar-refractivity contribution in [1.29, 1.82) is 0 Å². The molecule has 1 unspecified atom stereocenters. The lowest BCUT2D eigenvalue weighted by atomic mass is 10.1. The van der Waals surface area contributed by atoms with Gasteiger partial charge in [-0.15, -0.1) is 0 Å². The first-order chi connectivity index (χ1) is 9.40. The Hall–Kier alpha value is -2.55. The van der Waals surface area contributed by atoms with E-state index in [1.54, 1.807) is 6.33 Å². The quantitative estimate of drug-likeness (QED) is 0.589. The molecule has 9 nitrogen and oxygen atoms in total. The van der Waals surface area contributed by atoms with Gasteiger partial charge in [-0.05, 0) is 0 Å². The second-order valence-electron chi connectivity index (χ2n) is 4.26. The molecule has 1 aliphatic heterocycles. The third-order valence-corrected chi connectivity index (χ3v) is 3.10. The lowest BCUT2D eigenvalue weighted by Crippen LogP contribution is -2.28. The molecular formula is C10H10N8O. The Bertz CT molecular complexity index is 684. The number of hydrogen-bond donors (Lipinski definition) is 3. The first-order valence-electron chi connectivity index (χ1n) is 5.84. The lowest BCUT2D eigenvalue weighted by Gasteiger charge is -2.19. The SMILES string of the molecule is c1n[nH]c(-c2noc(C3Cc4nc[nH]c4CN3)n2)n1. The van der Waals surface area contributed by atoms with Crippen molar-refractivity contribution >= 4 is 0 Å². The molecule has 19 heavy (non-hydrogen) atoms. The van der Waals surface area contributed by atoms with Crippen molar-refractivity contribution in [2.45, 2.75) is 19.0 Å². The molecule has 0 bridgehead atoms. The van der Waals surface area contributed by atoms with E-state index in [0.29, 0.717) is 24.1 Å². The molecule has 4 heterocycles. The Labute approximate surface area is 106 Å². The third kappa shape index (κ3) is 1.71. The number of imidazole rings is 1. The van der Waals surface area contributed by atoms with Gasteiger partial charge < -0.3 is 9.51 Å². The Morgan fingerprint density at radius 3 is 3.21 bits per heavy atom. The van der Waals surface area contributed by atoms with Gasteiger partial charge in [0, 0.05) is 13.0 Å². The highest BCUT2D eigenvalue weighted by molar-refractivity contribution is 5.39. The zero-order valence-electron chi connectivity index (χ0n) is 9.79. The van der Waals surface area contributed by atoms with Gasteiger partial charge in [-0.1, -0.05) is 5.16 Å². The van der Waals surface area contributed by atoms with Gasteiger partial charge in [0.15, 0.2) is 5.82 Å². The maximum atomic E-state index is 5.27. The van der Waals surface area contributed by atoms with E-state index in [4.69, 9.17) is 4.52 Å². The molecule has 3 aromatic rings. The Morgan fingerprint density at radius 2 is 2.32 bits per heavy atom. The smallest absolute Gasteiger partial charge is 0.244 e. The number of hydrogen-bond acceptors (Lipinski definition) is 7. The summed E-state index contributed by atoms with van der Waals surface area (Å²) in [6.07, 6.45) is 3.82. The van der Waals surface area contributed by atoms with E-state index in [2.05, 4.69) is 40.6 Å². The van der Waals surface area contributed by atoms with Crippen molar-refractivity contribution in [3.63, 3.8) is 0 Å². The van der Waals surface area contributed by atoms with Gasteiger partial charge >= 0.3 is 0 Å². The van der Waals surface area contributed by atoms with Crippen LogP contribution in [0.3, 0.4) is 0 Å². The summed E-state index contributed by atoms with van der Waals surface area (Å²) in [6, 6.07) is -0.0278. The summed E-state index contributed by atoms with van der Waals surface area (Å²) >= 11 is 0.